The summed E-state index contributed by atoms with van der Waals surface area (Å²) in [6.07, 6.45) is -0.429. The average Bonchev–Trinajstić information content (AvgIpc) is 3.07. The zero-order valence-electron chi connectivity index (χ0n) is 13.8. The number of hydrogen-bond donors (Lipinski definition) is 1. The van der Waals surface area contributed by atoms with Crippen LogP contribution >= 0.6 is 23.2 Å². The van der Waals surface area contributed by atoms with Crippen molar-refractivity contribution in [1.29, 1.82) is 0 Å². The van der Waals surface area contributed by atoms with Crippen molar-refractivity contribution in [3.8, 4) is 0 Å². The molecule has 2 heterocycles. The number of amides is 2. The molecule has 134 valence electrons. The van der Waals surface area contributed by atoms with Crippen LogP contribution in [0, 0.1) is 0 Å². The SMILES string of the molecule is O=C1CCC(=O)N1CC(O)Cn1c2ccc(Cl)cc2c2cc(Cl)ccc21. The molecule has 0 radical (unpaired) electrons. The summed E-state index contributed by atoms with van der Waals surface area (Å²) in [5.74, 6) is -0.454. The number of carbonyl (C=O) groups excluding carboxylic acids is 2. The maximum atomic E-state index is 11.8. The highest BCUT2D eigenvalue weighted by molar-refractivity contribution is 6.33. The van der Waals surface area contributed by atoms with Crippen molar-refractivity contribution in [2.45, 2.75) is 25.5 Å². The molecule has 0 saturated carbocycles. The first-order valence-corrected chi connectivity index (χ1v) is 9.08. The lowest BCUT2D eigenvalue weighted by atomic mass is 10.1. The molecule has 1 atom stereocenters. The second kappa shape index (κ2) is 6.58. The highest BCUT2D eigenvalue weighted by Gasteiger charge is 2.30. The van der Waals surface area contributed by atoms with Crippen molar-refractivity contribution in [1.82, 2.24) is 9.47 Å². The predicted molar refractivity (Wildman–Crippen MR) is 101 cm³/mol. The summed E-state index contributed by atoms with van der Waals surface area (Å²) in [5.41, 5.74) is 1.81. The van der Waals surface area contributed by atoms with Crippen LogP contribution in [0.2, 0.25) is 10.0 Å². The summed E-state index contributed by atoms with van der Waals surface area (Å²) < 4.78 is 1.97. The highest BCUT2D eigenvalue weighted by Crippen LogP contribution is 2.33. The number of benzene rings is 2. The molecular formula is C19H16Cl2N2O3. The van der Waals surface area contributed by atoms with Gasteiger partial charge in [0.05, 0.1) is 19.2 Å². The van der Waals surface area contributed by atoms with E-state index in [4.69, 9.17) is 23.2 Å². The Kier molecular flexibility index (Phi) is 4.39. The van der Waals surface area contributed by atoms with E-state index in [0.717, 1.165) is 26.7 Å². The minimum Gasteiger partial charge on any atom is -0.389 e. The van der Waals surface area contributed by atoms with Crippen molar-refractivity contribution in [2.75, 3.05) is 6.54 Å². The molecule has 26 heavy (non-hydrogen) atoms. The molecule has 0 aliphatic carbocycles. The van der Waals surface area contributed by atoms with Gasteiger partial charge in [-0.15, -0.1) is 0 Å². The number of fused-ring (bicyclic) bond motifs is 3. The number of β-amino-alcohol motifs (C(OH)–C–C–N with tert-alkyl or cyclic N) is 1. The molecule has 1 saturated heterocycles. The number of nitrogens with zero attached hydrogens (tertiary/aromatic N) is 2. The smallest absolute Gasteiger partial charge is 0.229 e. The maximum Gasteiger partial charge on any atom is 0.229 e. The zero-order valence-corrected chi connectivity index (χ0v) is 15.3. The second-order valence-corrected chi connectivity index (χ2v) is 7.36. The van der Waals surface area contributed by atoms with Crippen LogP contribution in [0.15, 0.2) is 36.4 Å². The lowest BCUT2D eigenvalue weighted by Crippen LogP contribution is -2.38. The van der Waals surface area contributed by atoms with Crippen LogP contribution in [0.1, 0.15) is 12.8 Å². The molecule has 1 fully saturated rings. The number of halogens is 2. The third kappa shape index (κ3) is 2.96. The van der Waals surface area contributed by atoms with Crippen molar-refractivity contribution < 1.29 is 14.7 Å². The van der Waals surface area contributed by atoms with Crippen LogP contribution in [0.3, 0.4) is 0 Å². The molecule has 3 aromatic rings. The summed E-state index contributed by atoms with van der Waals surface area (Å²) in [7, 11) is 0. The largest absolute Gasteiger partial charge is 0.389 e. The van der Waals surface area contributed by atoms with Gasteiger partial charge in [0.15, 0.2) is 0 Å². The predicted octanol–water partition coefficient (Wildman–Crippen LogP) is 3.61. The number of aliphatic hydroxyl groups excluding tert-OH is 1. The third-order valence-corrected chi connectivity index (χ3v) is 5.20. The molecule has 1 aromatic heterocycles. The number of rotatable bonds is 4. The van der Waals surface area contributed by atoms with E-state index in [1.165, 1.54) is 0 Å². The Balaban J connectivity index is 1.73. The molecule has 5 nitrogen and oxygen atoms in total. The van der Waals surface area contributed by atoms with Gasteiger partial charge in [0.25, 0.3) is 0 Å². The number of imide groups is 1. The van der Waals surface area contributed by atoms with Gasteiger partial charge in [-0.3, -0.25) is 14.5 Å². The molecule has 1 unspecified atom stereocenters. The Morgan fingerprint density at radius 1 is 0.885 bits per heavy atom. The topological polar surface area (TPSA) is 62.5 Å². The first kappa shape index (κ1) is 17.3. The second-order valence-electron chi connectivity index (χ2n) is 6.49. The molecule has 1 aliphatic heterocycles. The molecule has 2 amide bonds. The van der Waals surface area contributed by atoms with E-state index in [-0.39, 0.29) is 37.7 Å². The maximum absolute atomic E-state index is 11.8. The number of hydrogen-bond acceptors (Lipinski definition) is 3. The first-order chi connectivity index (χ1) is 12.4. The molecule has 1 N–H and O–H groups in total. The summed E-state index contributed by atoms with van der Waals surface area (Å²) in [6.45, 7) is 0.250. The molecule has 7 heteroatoms. The van der Waals surface area contributed by atoms with E-state index in [9.17, 15) is 14.7 Å². The number of aliphatic hydroxyl groups is 1. The quantitative estimate of drug-likeness (QED) is 0.692. The minimum absolute atomic E-state index is 0.0000127. The van der Waals surface area contributed by atoms with Gasteiger partial charge in [-0.05, 0) is 36.4 Å². The average molecular weight is 391 g/mol. The molecule has 0 spiro atoms. The molecule has 0 bridgehead atoms. The van der Waals surface area contributed by atoms with Gasteiger partial charge < -0.3 is 9.67 Å². The summed E-state index contributed by atoms with van der Waals surface area (Å²) in [4.78, 5) is 24.7. The number of aromatic nitrogens is 1. The third-order valence-electron chi connectivity index (χ3n) is 4.73. The van der Waals surface area contributed by atoms with Crippen LogP contribution in [-0.4, -0.2) is 39.0 Å². The standard InChI is InChI=1S/C19H16Cl2N2O3/c20-11-1-3-16-14(7-11)15-8-12(21)2-4-17(15)22(16)9-13(24)10-23-18(25)5-6-19(23)26/h1-4,7-8,13,24H,5-6,9-10H2. The Morgan fingerprint density at radius 3 is 1.88 bits per heavy atom. The van der Waals surface area contributed by atoms with Gasteiger partial charge in [0.1, 0.15) is 0 Å². The molecule has 1 aliphatic rings. The Labute approximate surface area is 159 Å². The Morgan fingerprint density at radius 2 is 1.38 bits per heavy atom. The Bertz CT molecular complexity index is 969. The van der Waals surface area contributed by atoms with Crippen LogP contribution in [-0.2, 0) is 16.1 Å². The van der Waals surface area contributed by atoms with Crippen LogP contribution in [0.5, 0.6) is 0 Å². The van der Waals surface area contributed by atoms with Gasteiger partial charge in [-0.1, -0.05) is 23.2 Å². The normalized spacial score (nSPS) is 16.2. The first-order valence-electron chi connectivity index (χ1n) is 8.32. The van der Waals surface area contributed by atoms with Gasteiger partial charge in [0, 0.05) is 44.7 Å². The fraction of sp³-hybridized carbons (Fsp3) is 0.263. The summed E-state index contributed by atoms with van der Waals surface area (Å²) in [6, 6.07) is 11.1. The minimum atomic E-state index is -0.869. The van der Waals surface area contributed by atoms with Crippen molar-refractivity contribution in [3.63, 3.8) is 0 Å². The van der Waals surface area contributed by atoms with E-state index in [1.807, 2.05) is 28.8 Å². The molecule has 2 aromatic carbocycles. The Hall–Kier alpha value is -2.08. The van der Waals surface area contributed by atoms with Crippen LogP contribution < -0.4 is 0 Å². The van der Waals surface area contributed by atoms with E-state index < -0.39 is 6.10 Å². The molecular weight excluding hydrogens is 375 g/mol. The summed E-state index contributed by atoms with van der Waals surface area (Å²) >= 11 is 12.3. The van der Waals surface area contributed by atoms with Gasteiger partial charge in [0.2, 0.25) is 11.8 Å². The fourth-order valence-electron chi connectivity index (χ4n) is 3.55. The van der Waals surface area contributed by atoms with Crippen molar-refractivity contribution in [2.24, 2.45) is 0 Å². The van der Waals surface area contributed by atoms with Crippen molar-refractivity contribution >= 4 is 56.8 Å². The van der Waals surface area contributed by atoms with Gasteiger partial charge >= 0.3 is 0 Å². The summed E-state index contributed by atoms with van der Waals surface area (Å²) in [5, 5.41) is 13.6. The number of likely N-dealkylation sites (tertiary alicyclic amines) is 1. The van der Waals surface area contributed by atoms with E-state index in [0.29, 0.717) is 10.0 Å². The fourth-order valence-corrected chi connectivity index (χ4v) is 3.90. The lowest BCUT2D eigenvalue weighted by Gasteiger charge is -2.19. The lowest BCUT2D eigenvalue weighted by molar-refractivity contribution is -0.140. The molecule has 4 rings (SSSR count). The van der Waals surface area contributed by atoms with Crippen molar-refractivity contribution in [3.05, 3.63) is 46.4 Å². The number of carbonyl (C=O) groups is 2. The van der Waals surface area contributed by atoms with Crippen LogP contribution in [0.25, 0.3) is 21.8 Å². The van der Waals surface area contributed by atoms with Gasteiger partial charge in [-0.2, -0.15) is 0 Å². The van der Waals surface area contributed by atoms with E-state index in [1.54, 1.807) is 12.1 Å². The van der Waals surface area contributed by atoms with E-state index in [2.05, 4.69) is 0 Å². The zero-order chi connectivity index (χ0) is 18.4. The highest BCUT2D eigenvalue weighted by atomic mass is 35.5. The monoisotopic (exact) mass is 390 g/mol. The van der Waals surface area contributed by atoms with Crippen LogP contribution in [0.4, 0.5) is 0 Å². The van der Waals surface area contributed by atoms with E-state index >= 15 is 0 Å². The van der Waals surface area contributed by atoms with Gasteiger partial charge in [-0.25, -0.2) is 0 Å².